The molecule has 0 radical (unpaired) electrons. The molecule has 4 rings (SSSR count). The van der Waals surface area contributed by atoms with Gasteiger partial charge in [-0.1, -0.05) is 24.3 Å². The number of aliphatic hydroxyl groups is 1. The monoisotopic (exact) mass is 492 g/mol. The third-order valence-corrected chi connectivity index (χ3v) is 5.86. The number of methoxy groups -OCH3 is 1. The summed E-state index contributed by atoms with van der Waals surface area (Å²) in [7, 11) is 1.47. The van der Waals surface area contributed by atoms with Gasteiger partial charge in [0, 0.05) is 0 Å². The van der Waals surface area contributed by atoms with Gasteiger partial charge in [0.25, 0.3) is 11.5 Å². The van der Waals surface area contributed by atoms with E-state index in [4.69, 9.17) is 4.74 Å². The van der Waals surface area contributed by atoms with Crippen LogP contribution in [-0.2, 0) is 4.79 Å². The van der Waals surface area contributed by atoms with E-state index >= 15 is 0 Å². The lowest BCUT2D eigenvalue weighted by Crippen LogP contribution is -2.24. The Balaban J connectivity index is 1.78. The number of ketones is 1. The highest BCUT2D eigenvalue weighted by Gasteiger charge is 2.26. The average molecular weight is 493 g/mol. The third-order valence-electron chi connectivity index (χ3n) is 5.03. The summed E-state index contributed by atoms with van der Waals surface area (Å²) in [5.74, 6) is -0.836. The molecule has 1 amide bonds. The molecule has 4 aromatic rings. The normalized spacial score (nSPS) is 12.1. The number of Topliss-reactive ketones (excluding diaryl/α,β-unsaturated/α-hetero) is 1. The highest BCUT2D eigenvalue weighted by atomic mass is 32.1. The van der Waals surface area contributed by atoms with Crippen molar-refractivity contribution in [1.29, 1.82) is 0 Å². The number of carbonyl (C=O) groups excluding carboxylic acids is 2. The number of fused-ring (bicyclic) bond motifs is 1. The summed E-state index contributed by atoms with van der Waals surface area (Å²) in [5, 5.41) is 20.7. The van der Waals surface area contributed by atoms with Gasteiger partial charge in [-0.2, -0.15) is 9.49 Å². The predicted molar refractivity (Wildman–Crippen MR) is 130 cm³/mol. The molecule has 11 nitrogen and oxygen atoms in total. The fourth-order valence-electron chi connectivity index (χ4n) is 3.35. The maximum Gasteiger partial charge on any atom is 0.259 e. The number of H-pyrrole nitrogens is 1. The van der Waals surface area contributed by atoms with Gasteiger partial charge in [0.1, 0.15) is 18.2 Å². The number of aryl methyl sites for hydroxylation is 1. The lowest BCUT2D eigenvalue weighted by molar-refractivity contribution is -0.117. The predicted octanol–water partition coefficient (Wildman–Crippen LogP) is 3.34. The van der Waals surface area contributed by atoms with Crippen molar-refractivity contribution in [2.75, 3.05) is 19.0 Å². The highest BCUT2D eigenvalue weighted by molar-refractivity contribution is 7.10. The van der Waals surface area contributed by atoms with Gasteiger partial charge in [0.2, 0.25) is 6.04 Å². The number of para-hydroxylation sites is 3. The SMILES string of the molecule is COc1ccccc1NC(=O)C(N=Nc1snc(C)c1C(=O)CO)c1nc2ccccc2c(=O)[nH]1. The molecule has 1 atom stereocenters. The number of benzene rings is 2. The minimum absolute atomic E-state index is 0.0406. The van der Waals surface area contributed by atoms with Gasteiger partial charge in [0.05, 0.1) is 35.0 Å². The fraction of sp³-hybridized carbons (Fsp3) is 0.174. The van der Waals surface area contributed by atoms with Crippen LogP contribution in [0.15, 0.2) is 63.6 Å². The van der Waals surface area contributed by atoms with Crippen molar-refractivity contribution < 1.29 is 19.4 Å². The Morgan fingerprint density at radius 2 is 1.94 bits per heavy atom. The number of aromatic nitrogens is 3. The molecule has 2 aromatic carbocycles. The number of ether oxygens (including phenoxy) is 1. The van der Waals surface area contributed by atoms with E-state index in [9.17, 15) is 19.5 Å². The first-order chi connectivity index (χ1) is 16.9. The zero-order valence-electron chi connectivity index (χ0n) is 18.7. The van der Waals surface area contributed by atoms with Crippen LogP contribution in [0.5, 0.6) is 5.75 Å². The molecule has 35 heavy (non-hydrogen) atoms. The number of anilines is 1. The number of azo groups is 1. The molecule has 2 aromatic heterocycles. The number of rotatable bonds is 8. The summed E-state index contributed by atoms with van der Waals surface area (Å²) in [4.78, 5) is 45.1. The van der Waals surface area contributed by atoms with Crippen LogP contribution < -0.4 is 15.6 Å². The molecular weight excluding hydrogens is 472 g/mol. The van der Waals surface area contributed by atoms with Crippen LogP contribution in [0.4, 0.5) is 10.7 Å². The van der Waals surface area contributed by atoms with Crippen molar-refractivity contribution in [3.8, 4) is 5.75 Å². The molecule has 2 heterocycles. The molecule has 12 heteroatoms. The summed E-state index contributed by atoms with van der Waals surface area (Å²) in [5.41, 5.74) is 0.815. The summed E-state index contributed by atoms with van der Waals surface area (Å²) < 4.78 is 9.38. The number of nitrogens with zero attached hydrogens (tertiary/aromatic N) is 4. The number of aliphatic hydroxyl groups excluding tert-OH is 1. The number of hydrogen-bond acceptors (Lipinski definition) is 10. The topological polar surface area (TPSA) is 159 Å². The van der Waals surface area contributed by atoms with Crippen LogP contribution in [0.3, 0.4) is 0 Å². The van der Waals surface area contributed by atoms with Crippen molar-refractivity contribution in [3.05, 3.63) is 76.0 Å². The van der Waals surface area contributed by atoms with E-state index in [-0.39, 0.29) is 16.4 Å². The van der Waals surface area contributed by atoms with E-state index in [1.807, 2.05) is 0 Å². The summed E-state index contributed by atoms with van der Waals surface area (Å²) >= 11 is 0.898. The minimum atomic E-state index is -1.38. The smallest absolute Gasteiger partial charge is 0.259 e. The molecule has 3 N–H and O–H groups in total. The average Bonchev–Trinajstić information content (AvgIpc) is 3.24. The van der Waals surface area contributed by atoms with Crippen LogP contribution in [-0.4, -0.2) is 44.9 Å². The van der Waals surface area contributed by atoms with E-state index in [2.05, 4.69) is 29.9 Å². The first-order valence-corrected chi connectivity index (χ1v) is 11.1. The van der Waals surface area contributed by atoms with Crippen molar-refractivity contribution >= 4 is 44.8 Å². The number of carbonyl (C=O) groups is 2. The molecular formula is C23H20N6O5S. The zero-order chi connectivity index (χ0) is 24.9. The van der Waals surface area contributed by atoms with E-state index in [0.29, 0.717) is 28.0 Å². The summed E-state index contributed by atoms with van der Waals surface area (Å²) in [6.45, 7) is 0.881. The van der Waals surface area contributed by atoms with Gasteiger partial charge in [0.15, 0.2) is 10.8 Å². The third kappa shape index (κ3) is 4.98. The lowest BCUT2D eigenvalue weighted by Gasteiger charge is -2.14. The lowest BCUT2D eigenvalue weighted by atomic mass is 10.2. The van der Waals surface area contributed by atoms with E-state index in [1.165, 1.54) is 7.11 Å². The molecule has 0 bridgehead atoms. The quantitative estimate of drug-likeness (QED) is 0.251. The van der Waals surface area contributed by atoms with Gasteiger partial charge < -0.3 is 20.1 Å². The van der Waals surface area contributed by atoms with Crippen LogP contribution in [0.25, 0.3) is 10.9 Å². The van der Waals surface area contributed by atoms with Gasteiger partial charge in [-0.15, -0.1) is 5.11 Å². The molecule has 178 valence electrons. The standard InChI is InChI=1S/C23H20N6O5S/c1-12-18(16(31)11-30)23(35-29-12)28-27-19(22(33)25-15-9-5-6-10-17(15)34-2)20-24-14-8-4-3-7-13(14)21(32)26-20/h3-10,19,30H,11H2,1-2H3,(H,25,33)(H,24,26,32). The van der Waals surface area contributed by atoms with Crippen molar-refractivity contribution in [3.63, 3.8) is 0 Å². The molecule has 0 fully saturated rings. The Labute approximate surface area is 202 Å². The Hall–Kier alpha value is -4.29. The molecule has 0 saturated carbocycles. The summed E-state index contributed by atoms with van der Waals surface area (Å²) in [6.07, 6.45) is 0. The Morgan fingerprint density at radius 3 is 2.71 bits per heavy atom. The molecule has 0 saturated heterocycles. The Kier molecular flexibility index (Phi) is 7.03. The summed E-state index contributed by atoms with van der Waals surface area (Å²) in [6, 6.07) is 12.1. The maximum absolute atomic E-state index is 13.3. The zero-order valence-corrected chi connectivity index (χ0v) is 19.5. The molecule has 0 aliphatic carbocycles. The second-order valence-corrected chi connectivity index (χ2v) is 8.06. The van der Waals surface area contributed by atoms with Crippen molar-refractivity contribution in [1.82, 2.24) is 14.3 Å². The van der Waals surface area contributed by atoms with Gasteiger partial charge >= 0.3 is 0 Å². The van der Waals surface area contributed by atoms with Crippen LogP contribution in [0, 0.1) is 6.92 Å². The first kappa shape index (κ1) is 23.9. The van der Waals surface area contributed by atoms with E-state index in [0.717, 1.165) is 11.5 Å². The molecule has 0 aliphatic rings. The number of hydrogen-bond donors (Lipinski definition) is 3. The fourth-order valence-corrected chi connectivity index (χ4v) is 4.10. The first-order valence-electron chi connectivity index (χ1n) is 10.4. The molecule has 0 spiro atoms. The van der Waals surface area contributed by atoms with Crippen LogP contribution >= 0.6 is 11.5 Å². The maximum atomic E-state index is 13.3. The minimum Gasteiger partial charge on any atom is -0.495 e. The van der Waals surface area contributed by atoms with Gasteiger partial charge in [-0.05, 0) is 42.7 Å². The van der Waals surface area contributed by atoms with Gasteiger partial charge in [-0.25, -0.2) is 4.98 Å². The largest absolute Gasteiger partial charge is 0.495 e. The van der Waals surface area contributed by atoms with Crippen LogP contribution in [0.1, 0.15) is 27.9 Å². The Bertz CT molecular complexity index is 1500. The second-order valence-electron chi connectivity index (χ2n) is 7.31. The number of aromatic amines is 1. The van der Waals surface area contributed by atoms with Crippen LogP contribution in [0.2, 0.25) is 0 Å². The van der Waals surface area contributed by atoms with Crippen molar-refractivity contribution in [2.45, 2.75) is 13.0 Å². The number of amides is 1. The van der Waals surface area contributed by atoms with Crippen molar-refractivity contribution in [2.24, 2.45) is 10.2 Å². The van der Waals surface area contributed by atoms with Gasteiger partial charge in [-0.3, -0.25) is 14.4 Å². The number of nitrogens with one attached hydrogen (secondary N) is 2. The Morgan fingerprint density at radius 1 is 1.20 bits per heavy atom. The molecule has 1 unspecified atom stereocenters. The van der Waals surface area contributed by atoms with E-state index in [1.54, 1.807) is 55.5 Å². The molecule has 0 aliphatic heterocycles. The van der Waals surface area contributed by atoms with E-state index < -0.39 is 29.9 Å². The highest BCUT2D eigenvalue weighted by Crippen LogP contribution is 2.31. The second kappa shape index (κ2) is 10.3.